The quantitative estimate of drug-likeness (QED) is 0.693. The molecule has 0 spiro atoms. The Morgan fingerprint density at radius 1 is 1.77 bits per heavy atom. The van der Waals surface area contributed by atoms with Gasteiger partial charge >= 0.3 is 0 Å². The maximum Gasteiger partial charge on any atom is 0.232 e. The van der Waals surface area contributed by atoms with E-state index >= 15 is 0 Å². The maximum atomic E-state index is 8.52. The molecule has 0 amide bonds. The molecule has 1 aromatic heterocycles. The first-order valence-electron chi connectivity index (χ1n) is 3.57. The summed E-state index contributed by atoms with van der Waals surface area (Å²) in [5.41, 5.74) is 0.413. The topological polar surface area (TPSA) is 45.9 Å². The van der Waals surface area contributed by atoms with Crippen LogP contribution in [0.5, 0.6) is 5.88 Å². The fraction of sp³-hybridized carbons (Fsp3) is 0.111. The number of hydrogen-bond donors (Lipinski definition) is 0. The summed E-state index contributed by atoms with van der Waals surface area (Å²) in [6.07, 6.45) is 3.00. The van der Waals surface area contributed by atoms with Crippen LogP contribution in [-0.2, 0) is 0 Å². The van der Waals surface area contributed by atoms with Crippen LogP contribution in [0.4, 0.5) is 0 Å². The summed E-state index contributed by atoms with van der Waals surface area (Å²) in [6.45, 7) is 3.84. The van der Waals surface area contributed by atoms with Crippen molar-refractivity contribution in [3.63, 3.8) is 0 Å². The third-order valence-corrected chi connectivity index (χ3v) is 1.55. The minimum Gasteiger partial charge on any atom is -0.472 e. The predicted octanol–water partition coefficient (Wildman–Crippen LogP) is 2.17. The summed E-state index contributed by atoms with van der Waals surface area (Å²) in [5, 5.41) is 8.86. The van der Waals surface area contributed by atoms with Crippen LogP contribution in [0.3, 0.4) is 0 Å². The Hall–Kier alpha value is -1.53. The Bertz CT molecular complexity index is 357. The van der Waals surface area contributed by atoms with Gasteiger partial charge in [0.15, 0.2) is 0 Å². The molecule has 13 heavy (non-hydrogen) atoms. The van der Waals surface area contributed by atoms with Gasteiger partial charge in [-0.3, -0.25) is 0 Å². The lowest BCUT2D eigenvalue weighted by Crippen LogP contribution is -1.96. The Morgan fingerprint density at radius 2 is 2.54 bits per heavy atom. The van der Waals surface area contributed by atoms with E-state index in [0.29, 0.717) is 23.1 Å². The predicted molar refractivity (Wildman–Crippen MR) is 49.7 cm³/mol. The van der Waals surface area contributed by atoms with Gasteiger partial charge in [0.05, 0.1) is 5.56 Å². The van der Waals surface area contributed by atoms with Crippen LogP contribution < -0.4 is 4.74 Å². The molecule has 3 nitrogen and oxygen atoms in total. The van der Waals surface area contributed by atoms with Crippen molar-refractivity contribution in [2.45, 2.75) is 0 Å². The molecule has 0 bridgehead atoms. The van der Waals surface area contributed by atoms with E-state index < -0.39 is 0 Å². The molecule has 0 unspecified atom stereocenters. The Labute approximate surface area is 81.2 Å². The van der Waals surface area contributed by atoms with Crippen molar-refractivity contribution in [3.8, 4) is 11.9 Å². The number of nitriles is 1. The third kappa shape index (κ3) is 2.46. The van der Waals surface area contributed by atoms with Crippen LogP contribution in [0, 0.1) is 11.3 Å². The smallest absolute Gasteiger partial charge is 0.232 e. The van der Waals surface area contributed by atoms with Crippen molar-refractivity contribution in [2.75, 3.05) is 6.61 Å². The molecule has 0 atom stereocenters. The number of nitrogens with zero attached hydrogens (tertiary/aromatic N) is 2. The molecule has 1 aromatic rings. The summed E-state index contributed by atoms with van der Waals surface area (Å²) in [4.78, 5) is 3.86. The van der Waals surface area contributed by atoms with Crippen molar-refractivity contribution >= 4 is 11.6 Å². The van der Waals surface area contributed by atoms with Gasteiger partial charge in [-0.25, -0.2) is 4.98 Å². The van der Waals surface area contributed by atoms with Crippen molar-refractivity contribution in [1.29, 1.82) is 5.26 Å². The van der Waals surface area contributed by atoms with Gasteiger partial charge in [0, 0.05) is 6.20 Å². The van der Waals surface area contributed by atoms with E-state index in [1.54, 1.807) is 6.08 Å². The maximum absolute atomic E-state index is 8.52. The van der Waals surface area contributed by atoms with Gasteiger partial charge in [-0.05, 0) is 6.07 Å². The lowest BCUT2D eigenvalue weighted by atomic mass is 10.3. The van der Waals surface area contributed by atoms with E-state index in [2.05, 4.69) is 11.6 Å². The number of ether oxygens (including phenoxy) is 1. The highest BCUT2D eigenvalue weighted by atomic mass is 35.5. The molecule has 0 aromatic carbocycles. The fourth-order valence-corrected chi connectivity index (χ4v) is 0.951. The largest absolute Gasteiger partial charge is 0.472 e. The number of hydrogen-bond acceptors (Lipinski definition) is 3. The van der Waals surface area contributed by atoms with Gasteiger partial charge in [0.2, 0.25) is 5.88 Å². The minimum absolute atomic E-state index is 0.320. The van der Waals surface area contributed by atoms with E-state index in [1.807, 2.05) is 6.07 Å². The first-order valence-corrected chi connectivity index (χ1v) is 3.95. The molecule has 4 heteroatoms. The van der Waals surface area contributed by atoms with Crippen LogP contribution in [0.25, 0.3) is 0 Å². The molecule has 0 saturated carbocycles. The summed E-state index contributed by atoms with van der Waals surface area (Å²) < 4.78 is 5.11. The number of halogens is 1. The second kappa shape index (κ2) is 4.48. The van der Waals surface area contributed by atoms with Crippen molar-refractivity contribution in [1.82, 2.24) is 4.98 Å². The van der Waals surface area contributed by atoms with Crippen molar-refractivity contribution in [2.24, 2.45) is 0 Å². The highest BCUT2D eigenvalue weighted by Gasteiger charge is 2.03. The summed E-state index contributed by atoms with van der Waals surface area (Å²) in [5.74, 6) is 0.320. The van der Waals surface area contributed by atoms with Crippen LogP contribution in [-0.4, -0.2) is 11.6 Å². The summed E-state index contributed by atoms with van der Waals surface area (Å²) in [6, 6.07) is 3.44. The second-order valence-electron chi connectivity index (χ2n) is 2.22. The molecule has 66 valence electrons. The van der Waals surface area contributed by atoms with Crippen LogP contribution in [0.2, 0.25) is 5.02 Å². The van der Waals surface area contributed by atoms with E-state index in [1.165, 1.54) is 12.3 Å². The molecular formula is C9H7ClN2O. The zero-order valence-electron chi connectivity index (χ0n) is 6.83. The average molecular weight is 195 g/mol. The molecular weight excluding hydrogens is 188 g/mol. The summed E-state index contributed by atoms with van der Waals surface area (Å²) >= 11 is 5.77. The zero-order valence-corrected chi connectivity index (χ0v) is 7.58. The van der Waals surface area contributed by atoms with Crippen LogP contribution in [0.15, 0.2) is 24.9 Å². The van der Waals surface area contributed by atoms with Gasteiger partial charge in [-0.15, -0.1) is 0 Å². The van der Waals surface area contributed by atoms with E-state index in [-0.39, 0.29) is 0 Å². The van der Waals surface area contributed by atoms with E-state index in [9.17, 15) is 0 Å². The Kier molecular flexibility index (Phi) is 3.30. The molecule has 0 aliphatic carbocycles. The average Bonchev–Trinajstić information content (AvgIpc) is 2.16. The van der Waals surface area contributed by atoms with Crippen LogP contribution in [0.1, 0.15) is 5.56 Å². The fourth-order valence-electron chi connectivity index (χ4n) is 0.731. The van der Waals surface area contributed by atoms with Crippen molar-refractivity contribution in [3.05, 3.63) is 35.5 Å². The van der Waals surface area contributed by atoms with E-state index in [0.717, 1.165) is 0 Å². The molecule has 1 heterocycles. The van der Waals surface area contributed by atoms with Gasteiger partial charge < -0.3 is 4.74 Å². The Balaban J connectivity index is 2.86. The first kappa shape index (κ1) is 9.56. The zero-order chi connectivity index (χ0) is 9.68. The van der Waals surface area contributed by atoms with Gasteiger partial charge in [0.1, 0.15) is 17.7 Å². The standard InChI is InChI=1S/C9H7ClN2O/c1-2-3-13-9-8(10)4-7(5-11)6-12-9/h2,4,6H,1,3H2. The lowest BCUT2D eigenvalue weighted by molar-refractivity contribution is 0.349. The highest BCUT2D eigenvalue weighted by Crippen LogP contribution is 2.21. The molecule has 0 aliphatic rings. The normalized spacial score (nSPS) is 8.92. The number of rotatable bonds is 3. The van der Waals surface area contributed by atoms with Crippen molar-refractivity contribution < 1.29 is 4.74 Å². The summed E-state index contributed by atoms with van der Waals surface area (Å²) in [7, 11) is 0. The third-order valence-electron chi connectivity index (χ3n) is 1.27. The SMILES string of the molecule is C=CCOc1ncc(C#N)cc1Cl. The molecule has 0 fully saturated rings. The molecule has 1 rings (SSSR count). The van der Waals surface area contributed by atoms with Gasteiger partial charge in [-0.1, -0.05) is 24.3 Å². The highest BCUT2D eigenvalue weighted by molar-refractivity contribution is 6.31. The molecule has 0 aliphatic heterocycles. The molecule has 0 saturated heterocycles. The number of aromatic nitrogens is 1. The Morgan fingerprint density at radius 3 is 3.08 bits per heavy atom. The minimum atomic E-state index is 0.320. The number of pyridine rings is 1. The first-order chi connectivity index (χ1) is 6.27. The van der Waals surface area contributed by atoms with Gasteiger partial charge in [-0.2, -0.15) is 5.26 Å². The van der Waals surface area contributed by atoms with E-state index in [4.69, 9.17) is 21.6 Å². The molecule has 0 radical (unpaired) electrons. The second-order valence-corrected chi connectivity index (χ2v) is 2.63. The molecule has 0 N–H and O–H groups in total. The lowest BCUT2D eigenvalue weighted by Gasteiger charge is -2.03. The van der Waals surface area contributed by atoms with Crippen LogP contribution >= 0.6 is 11.6 Å². The monoisotopic (exact) mass is 194 g/mol. The van der Waals surface area contributed by atoms with Gasteiger partial charge in [0.25, 0.3) is 0 Å².